The Morgan fingerprint density at radius 3 is 3.06 bits per heavy atom. The lowest BCUT2D eigenvalue weighted by Gasteiger charge is -2.01. The summed E-state index contributed by atoms with van der Waals surface area (Å²) in [4.78, 5) is 13.5. The molecule has 0 bridgehead atoms. The molecule has 3 aromatic rings. The van der Waals surface area contributed by atoms with Crippen LogP contribution in [0.25, 0.3) is 10.1 Å². The molecule has 0 aromatic carbocycles. The molecule has 0 saturated carbocycles. The summed E-state index contributed by atoms with van der Waals surface area (Å²) in [6.07, 6.45) is 1.76. The minimum atomic E-state index is -0.0174. The van der Waals surface area contributed by atoms with Gasteiger partial charge in [0.1, 0.15) is 0 Å². The van der Waals surface area contributed by atoms with E-state index in [1.54, 1.807) is 29.1 Å². The minimum Gasteiger partial charge on any atom is -0.307 e. The molecule has 3 heterocycles. The number of nitrogens with zero attached hydrogens (tertiary/aromatic N) is 5. The molecule has 0 fully saturated rings. The van der Waals surface area contributed by atoms with Crippen molar-refractivity contribution in [1.29, 1.82) is 0 Å². The number of tetrazole rings is 1. The van der Waals surface area contributed by atoms with E-state index in [0.717, 1.165) is 10.1 Å². The Hall–Kier alpha value is -2.02. The lowest BCUT2D eigenvalue weighted by atomic mass is 10.3. The molecule has 0 radical (unpaired) electrons. The zero-order valence-electron chi connectivity index (χ0n) is 9.07. The number of hydrogen-bond donors (Lipinski definition) is 0. The van der Waals surface area contributed by atoms with Crippen LogP contribution >= 0.6 is 11.3 Å². The zero-order valence-corrected chi connectivity index (χ0v) is 9.89. The van der Waals surface area contributed by atoms with Crippen molar-refractivity contribution in [3.63, 3.8) is 0 Å². The predicted molar refractivity (Wildman–Crippen MR) is 64.0 cm³/mol. The molecule has 0 spiro atoms. The fraction of sp³-hybridized carbons (Fsp3) is 0.200. The zero-order chi connectivity index (χ0) is 11.8. The lowest BCUT2D eigenvalue weighted by molar-refractivity contribution is 0.624. The largest absolute Gasteiger partial charge is 0.307 e. The van der Waals surface area contributed by atoms with Crippen molar-refractivity contribution >= 4 is 21.4 Å². The number of rotatable bonds is 2. The van der Waals surface area contributed by atoms with Gasteiger partial charge in [-0.1, -0.05) is 0 Å². The molecule has 0 atom stereocenters. The topological polar surface area (TPSA) is 65.6 Å². The number of aromatic nitrogens is 5. The van der Waals surface area contributed by atoms with Crippen LogP contribution in [-0.4, -0.2) is 24.8 Å². The molecule has 86 valence electrons. The fourth-order valence-electron chi connectivity index (χ4n) is 1.67. The van der Waals surface area contributed by atoms with Gasteiger partial charge in [-0.05, 0) is 22.7 Å². The van der Waals surface area contributed by atoms with Crippen molar-refractivity contribution in [1.82, 2.24) is 24.8 Å². The third kappa shape index (κ3) is 1.74. The predicted octanol–water partition coefficient (Wildman–Crippen LogP) is 0.635. The first-order chi connectivity index (χ1) is 8.24. The molecule has 3 aromatic heterocycles. The first-order valence-corrected chi connectivity index (χ1v) is 5.91. The van der Waals surface area contributed by atoms with Crippen LogP contribution in [0.5, 0.6) is 0 Å². The highest BCUT2D eigenvalue weighted by molar-refractivity contribution is 7.17. The standard InChI is InChI=1S/C10H9N5OS/c1-14-12-9(11-13-14)6-15-4-2-8-7(10(15)16)3-5-17-8/h2-5H,6H2,1H3. The Morgan fingerprint density at radius 2 is 2.29 bits per heavy atom. The van der Waals surface area contributed by atoms with Gasteiger partial charge in [-0.3, -0.25) is 4.79 Å². The minimum absolute atomic E-state index is 0.0174. The average molecular weight is 247 g/mol. The molecule has 0 amide bonds. The van der Waals surface area contributed by atoms with Gasteiger partial charge >= 0.3 is 0 Å². The Morgan fingerprint density at radius 1 is 1.41 bits per heavy atom. The van der Waals surface area contributed by atoms with Crippen LogP contribution < -0.4 is 5.56 Å². The van der Waals surface area contributed by atoms with E-state index in [4.69, 9.17) is 0 Å². The number of thiophene rings is 1. The fourth-order valence-corrected chi connectivity index (χ4v) is 2.44. The van der Waals surface area contributed by atoms with Crippen molar-refractivity contribution in [2.24, 2.45) is 7.05 Å². The van der Waals surface area contributed by atoms with Gasteiger partial charge in [0.05, 0.1) is 19.0 Å². The molecular weight excluding hydrogens is 238 g/mol. The Kier molecular flexibility index (Phi) is 2.25. The van der Waals surface area contributed by atoms with E-state index in [2.05, 4.69) is 15.4 Å². The van der Waals surface area contributed by atoms with Gasteiger partial charge in [0.25, 0.3) is 5.56 Å². The van der Waals surface area contributed by atoms with Crippen LogP contribution in [0.15, 0.2) is 28.5 Å². The van der Waals surface area contributed by atoms with Crippen LogP contribution in [0.3, 0.4) is 0 Å². The molecule has 0 saturated heterocycles. The van der Waals surface area contributed by atoms with Crippen molar-refractivity contribution in [3.8, 4) is 0 Å². The van der Waals surface area contributed by atoms with Gasteiger partial charge in [0, 0.05) is 10.9 Å². The van der Waals surface area contributed by atoms with Crippen LogP contribution in [0.4, 0.5) is 0 Å². The third-order valence-corrected chi connectivity index (χ3v) is 3.34. The van der Waals surface area contributed by atoms with Gasteiger partial charge in [0.2, 0.25) is 0 Å². The van der Waals surface area contributed by atoms with E-state index in [1.165, 1.54) is 4.80 Å². The molecule has 17 heavy (non-hydrogen) atoms. The van der Waals surface area contributed by atoms with Crippen LogP contribution in [-0.2, 0) is 13.6 Å². The van der Waals surface area contributed by atoms with E-state index in [0.29, 0.717) is 12.4 Å². The lowest BCUT2D eigenvalue weighted by Crippen LogP contribution is -2.20. The molecule has 0 unspecified atom stereocenters. The maximum Gasteiger partial charge on any atom is 0.259 e. The van der Waals surface area contributed by atoms with E-state index < -0.39 is 0 Å². The van der Waals surface area contributed by atoms with E-state index in [-0.39, 0.29) is 5.56 Å². The van der Waals surface area contributed by atoms with Crippen molar-refractivity contribution in [3.05, 3.63) is 39.9 Å². The highest BCUT2D eigenvalue weighted by atomic mass is 32.1. The number of fused-ring (bicyclic) bond motifs is 1. The van der Waals surface area contributed by atoms with Gasteiger partial charge < -0.3 is 4.57 Å². The molecule has 0 aliphatic carbocycles. The molecule has 6 nitrogen and oxygen atoms in total. The summed E-state index contributed by atoms with van der Waals surface area (Å²) < 4.78 is 2.59. The number of aryl methyl sites for hydroxylation is 1. The van der Waals surface area contributed by atoms with E-state index in [9.17, 15) is 4.79 Å². The number of pyridine rings is 1. The molecule has 0 aliphatic heterocycles. The van der Waals surface area contributed by atoms with E-state index >= 15 is 0 Å². The monoisotopic (exact) mass is 247 g/mol. The summed E-state index contributed by atoms with van der Waals surface area (Å²) in [6.45, 7) is 0.346. The molecule has 3 rings (SSSR count). The second kappa shape index (κ2) is 3.77. The summed E-state index contributed by atoms with van der Waals surface area (Å²) in [5.74, 6) is 0.532. The summed E-state index contributed by atoms with van der Waals surface area (Å²) in [5, 5.41) is 14.3. The molecular formula is C10H9N5OS. The van der Waals surface area contributed by atoms with Crippen LogP contribution in [0.2, 0.25) is 0 Å². The molecule has 0 N–H and O–H groups in total. The van der Waals surface area contributed by atoms with Crippen molar-refractivity contribution in [2.75, 3.05) is 0 Å². The maximum absolute atomic E-state index is 12.1. The quantitative estimate of drug-likeness (QED) is 0.666. The van der Waals surface area contributed by atoms with Gasteiger partial charge in [0.15, 0.2) is 5.82 Å². The average Bonchev–Trinajstić information content (AvgIpc) is 2.92. The SMILES string of the molecule is Cn1nnc(Cn2ccc3sccc3c2=O)n1. The Labute approximate surface area is 100 Å². The summed E-state index contributed by atoms with van der Waals surface area (Å²) in [5.41, 5.74) is -0.0174. The summed E-state index contributed by atoms with van der Waals surface area (Å²) in [6, 6.07) is 3.76. The third-order valence-electron chi connectivity index (χ3n) is 2.45. The second-order valence-electron chi connectivity index (χ2n) is 3.64. The Bertz CT molecular complexity index is 725. The first kappa shape index (κ1) is 10.2. The summed E-state index contributed by atoms with van der Waals surface area (Å²) >= 11 is 1.56. The van der Waals surface area contributed by atoms with Gasteiger partial charge in [-0.25, -0.2) is 0 Å². The van der Waals surface area contributed by atoms with Crippen LogP contribution in [0.1, 0.15) is 5.82 Å². The smallest absolute Gasteiger partial charge is 0.259 e. The summed E-state index contributed by atoms with van der Waals surface area (Å²) in [7, 11) is 1.70. The number of hydrogen-bond acceptors (Lipinski definition) is 5. The first-order valence-electron chi connectivity index (χ1n) is 5.03. The molecule has 7 heteroatoms. The van der Waals surface area contributed by atoms with Gasteiger partial charge in [-0.15, -0.1) is 21.5 Å². The van der Waals surface area contributed by atoms with E-state index in [1.807, 2.05) is 17.5 Å². The molecule has 0 aliphatic rings. The Balaban J connectivity index is 2.06. The van der Waals surface area contributed by atoms with Crippen LogP contribution in [0, 0.1) is 0 Å². The van der Waals surface area contributed by atoms with Crippen molar-refractivity contribution < 1.29 is 0 Å². The normalized spacial score (nSPS) is 11.1. The highest BCUT2D eigenvalue weighted by Crippen LogP contribution is 2.16. The van der Waals surface area contributed by atoms with Crippen molar-refractivity contribution in [2.45, 2.75) is 6.54 Å². The van der Waals surface area contributed by atoms with Gasteiger partial charge in [-0.2, -0.15) is 4.80 Å². The second-order valence-corrected chi connectivity index (χ2v) is 4.59. The maximum atomic E-state index is 12.1. The highest BCUT2D eigenvalue weighted by Gasteiger charge is 2.06.